The molecule has 0 saturated carbocycles. The molecule has 2 heterocycles. The summed E-state index contributed by atoms with van der Waals surface area (Å²) in [6, 6.07) is 1.70. The van der Waals surface area contributed by atoms with Gasteiger partial charge in [-0.25, -0.2) is 14.8 Å². The van der Waals surface area contributed by atoms with E-state index in [2.05, 4.69) is 41.8 Å². The van der Waals surface area contributed by atoms with E-state index in [0.29, 0.717) is 20.9 Å². The van der Waals surface area contributed by atoms with Gasteiger partial charge in [0.05, 0.1) is 6.61 Å². The van der Waals surface area contributed by atoms with Gasteiger partial charge in [-0.15, -0.1) is 0 Å². The maximum Gasteiger partial charge on any atom is 0.360 e. The van der Waals surface area contributed by atoms with Crippen molar-refractivity contribution in [3.05, 3.63) is 27.3 Å². The fourth-order valence-electron chi connectivity index (χ4n) is 1.51. The second kappa shape index (κ2) is 5.54. The van der Waals surface area contributed by atoms with E-state index in [-0.39, 0.29) is 12.3 Å². The Morgan fingerprint density at radius 3 is 2.89 bits per heavy atom. The Morgan fingerprint density at radius 2 is 2.28 bits per heavy atom. The summed E-state index contributed by atoms with van der Waals surface area (Å²) < 4.78 is 7.12. The molecule has 0 aromatic carbocycles. The highest BCUT2D eigenvalue weighted by Gasteiger charge is 2.21. The van der Waals surface area contributed by atoms with Crippen LogP contribution in [0.15, 0.2) is 10.8 Å². The van der Waals surface area contributed by atoms with Crippen molar-refractivity contribution in [2.45, 2.75) is 12.3 Å². The highest BCUT2D eigenvalue weighted by Crippen LogP contribution is 2.23. The summed E-state index contributed by atoms with van der Waals surface area (Å²) in [5.74, 6) is -0.518. The van der Waals surface area contributed by atoms with E-state index in [4.69, 9.17) is 16.3 Å². The van der Waals surface area contributed by atoms with Crippen LogP contribution in [0.3, 0.4) is 0 Å². The lowest BCUT2D eigenvalue weighted by molar-refractivity contribution is 0.0522. The number of esters is 1. The van der Waals surface area contributed by atoms with Gasteiger partial charge >= 0.3 is 5.97 Å². The third kappa shape index (κ3) is 2.39. The molecule has 8 heteroatoms. The van der Waals surface area contributed by atoms with Crippen LogP contribution in [0.25, 0.3) is 5.65 Å². The van der Waals surface area contributed by atoms with Crippen molar-refractivity contribution in [2.75, 3.05) is 6.61 Å². The van der Waals surface area contributed by atoms with Gasteiger partial charge in [0.15, 0.2) is 16.1 Å². The molecule has 0 saturated heterocycles. The largest absolute Gasteiger partial charge is 0.461 e. The fourth-order valence-corrected chi connectivity index (χ4v) is 2.70. The first-order valence-electron chi connectivity index (χ1n) is 5.05. The summed E-state index contributed by atoms with van der Waals surface area (Å²) in [7, 11) is 0. The lowest BCUT2D eigenvalue weighted by Gasteiger charge is -2.04. The summed E-state index contributed by atoms with van der Waals surface area (Å²) in [5.41, 5.74) is 1.36. The van der Waals surface area contributed by atoms with Crippen molar-refractivity contribution in [1.82, 2.24) is 14.4 Å². The first kappa shape index (κ1) is 13.8. The van der Waals surface area contributed by atoms with Crippen molar-refractivity contribution >= 4 is 55.1 Å². The van der Waals surface area contributed by atoms with E-state index in [9.17, 15) is 4.79 Å². The molecular formula is C10H8Br2ClN3O2. The number of hydrogen-bond acceptors (Lipinski definition) is 4. The van der Waals surface area contributed by atoms with Gasteiger partial charge in [-0.05, 0) is 28.9 Å². The fraction of sp³-hybridized carbons (Fsp3) is 0.300. The monoisotopic (exact) mass is 395 g/mol. The number of ether oxygens (including phenoxy) is 1. The predicted molar refractivity (Wildman–Crippen MR) is 74.3 cm³/mol. The van der Waals surface area contributed by atoms with Crippen molar-refractivity contribution < 1.29 is 9.53 Å². The van der Waals surface area contributed by atoms with Gasteiger partial charge < -0.3 is 4.74 Å². The second-order valence-electron chi connectivity index (χ2n) is 3.31. The van der Waals surface area contributed by atoms with Gasteiger partial charge in [-0.3, -0.25) is 4.40 Å². The lowest BCUT2D eigenvalue weighted by atomic mass is 10.4. The minimum atomic E-state index is -0.518. The number of alkyl halides is 1. The number of fused-ring (bicyclic) bond motifs is 1. The number of halogens is 3. The molecule has 5 nitrogen and oxygen atoms in total. The van der Waals surface area contributed by atoms with E-state index < -0.39 is 5.97 Å². The van der Waals surface area contributed by atoms with Crippen LogP contribution in [0.5, 0.6) is 0 Å². The summed E-state index contributed by atoms with van der Waals surface area (Å²) >= 11 is 12.6. The van der Waals surface area contributed by atoms with Crippen LogP contribution in [0.2, 0.25) is 5.15 Å². The summed E-state index contributed by atoms with van der Waals surface area (Å²) in [4.78, 5) is 20.0. The van der Waals surface area contributed by atoms with Crippen molar-refractivity contribution in [3.8, 4) is 0 Å². The van der Waals surface area contributed by atoms with Crippen molar-refractivity contribution in [3.63, 3.8) is 0 Å². The van der Waals surface area contributed by atoms with Crippen LogP contribution in [-0.4, -0.2) is 26.9 Å². The standard InChI is InChI=1S/C10H8Br2ClN3O2/c1-2-18-9(17)7-8-14-6(13)3-5(4-11)16(8)10(12)15-7/h3H,2,4H2,1H3. The number of hydrogen-bond donors (Lipinski definition) is 0. The Balaban J connectivity index is 2.70. The molecule has 96 valence electrons. The number of aromatic nitrogens is 3. The molecule has 0 spiro atoms. The Bertz CT molecular complexity index is 615. The van der Waals surface area contributed by atoms with Crippen LogP contribution in [0.1, 0.15) is 23.1 Å². The topological polar surface area (TPSA) is 56.5 Å². The number of imidazole rings is 1. The Labute approximate surface area is 125 Å². The predicted octanol–water partition coefficient (Wildman–Crippen LogP) is 3.22. The SMILES string of the molecule is CCOC(=O)c1nc(Br)n2c(CBr)cc(Cl)nc12. The maximum absolute atomic E-state index is 11.8. The van der Waals surface area contributed by atoms with E-state index in [1.54, 1.807) is 17.4 Å². The molecule has 0 radical (unpaired) electrons. The van der Waals surface area contributed by atoms with E-state index in [1.807, 2.05) is 0 Å². The molecule has 0 fully saturated rings. The van der Waals surface area contributed by atoms with Crippen LogP contribution in [-0.2, 0) is 10.1 Å². The zero-order valence-electron chi connectivity index (χ0n) is 9.28. The zero-order valence-corrected chi connectivity index (χ0v) is 13.2. The van der Waals surface area contributed by atoms with E-state index in [1.165, 1.54) is 0 Å². The number of carbonyl (C=O) groups is 1. The average Bonchev–Trinajstić information content (AvgIpc) is 2.66. The molecule has 18 heavy (non-hydrogen) atoms. The number of carbonyl (C=O) groups excluding carboxylic acids is 1. The Morgan fingerprint density at radius 1 is 1.56 bits per heavy atom. The van der Waals surface area contributed by atoms with Crippen LogP contribution < -0.4 is 0 Å². The molecule has 0 bridgehead atoms. The normalized spacial score (nSPS) is 10.9. The van der Waals surface area contributed by atoms with Crippen LogP contribution >= 0.6 is 43.5 Å². The van der Waals surface area contributed by atoms with Crippen LogP contribution in [0.4, 0.5) is 0 Å². The molecule has 0 amide bonds. The van der Waals surface area contributed by atoms with Gasteiger partial charge in [0.1, 0.15) is 5.15 Å². The van der Waals surface area contributed by atoms with E-state index >= 15 is 0 Å². The zero-order chi connectivity index (χ0) is 13.3. The molecular weight excluding hydrogens is 389 g/mol. The summed E-state index contributed by atoms with van der Waals surface area (Å²) in [6.45, 7) is 2.01. The maximum atomic E-state index is 11.8. The van der Waals surface area contributed by atoms with Crippen molar-refractivity contribution in [1.29, 1.82) is 0 Å². The van der Waals surface area contributed by atoms with Gasteiger partial charge in [-0.1, -0.05) is 27.5 Å². The van der Waals surface area contributed by atoms with Crippen LogP contribution in [0, 0.1) is 0 Å². The third-order valence-corrected chi connectivity index (χ3v) is 3.50. The molecule has 0 N–H and O–H groups in total. The smallest absolute Gasteiger partial charge is 0.360 e. The molecule has 0 atom stereocenters. The molecule has 0 aliphatic rings. The quantitative estimate of drug-likeness (QED) is 0.453. The highest BCUT2D eigenvalue weighted by atomic mass is 79.9. The summed E-state index contributed by atoms with van der Waals surface area (Å²) in [6.07, 6.45) is 0. The lowest BCUT2D eigenvalue weighted by Crippen LogP contribution is -2.07. The Kier molecular flexibility index (Phi) is 4.24. The van der Waals surface area contributed by atoms with E-state index in [0.717, 1.165) is 5.69 Å². The van der Waals surface area contributed by atoms with Gasteiger partial charge in [0.2, 0.25) is 0 Å². The molecule has 0 aliphatic heterocycles. The van der Waals surface area contributed by atoms with Crippen molar-refractivity contribution in [2.24, 2.45) is 0 Å². The number of nitrogens with zero attached hydrogens (tertiary/aromatic N) is 3. The molecule has 2 aromatic rings. The first-order valence-corrected chi connectivity index (χ1v) is 7.34. The molecule has 2 rings (SSSR count). The summed E-state index contributed by atoms with van der Waals surface area (Å²) in [5, 5.41) is 0.859. The van der Waals surface area contributed by atoms with Gasteiger partial charge in [0.25, 0.3) is 0 Å². The highest BCUT2D eigenvalue weighted by molar-refractivity contribution is 9.10. The van der Waals surface area contributed by atoms with Gasteiger partial charge in [0, 0.05) is 11.0 Å². The molecule has 0 aliphatic carbocycles. The first-order chi connectivity index (χ1) is 8.58. The average molecular weight is 397 g/mol. The minimum Gasteiger partial charge on any atom is -0.461 e. The second-order valence-corrected chi connectivity index (χ2v) is 4.97. The van der Waals surface area contributed by atoms with Gasteiger partial charge in [-0.2, -0.15) is 0 Å². The number of rotatable bonds is 3. The Hall–Kier alpha value is -0.660. The molecule has 0 unspecified atom stereocenters. The molecule has 2 aromatic heterocycles. The minimum absolute atomic E-state index is 0.147. The third-order valence-electron chi connectivity index (χ3n) is 2.20.